The summed E-state index contributed by atoms with van der Waals surface area (Å²) in [5.74, 6) is 0.486. The van der Waals surface area contributed by atoms with E-state index in [1.165, 1.54) is 0 Å². The number of hydrogen-bond acceptors (Lipinski definition) is 4. The van der Waals surface area contributed by atoms with Crippen LogP contribution in [-0.2, 0) is 11.2 Å². The molecule has 5 nitrogen and oxygen atoms in total. The highest BCUT2D eigenvalue weighted by Gasteiger charge is 2.18. The third-order valence-corrected chi connectivity index (χ3v) is 4.93. The summed E-state index contributed by atoms with van der Waals surface area (Å²) in [5, 5.41) is 6.01. The lowest BCUT2D eigenvalue weighted by molar-refractivity contribution is -0.121. The van der Waals surface area contributed by atoms with Crippen LogP contribution in [0.25, 0.3) is 0 Å². The van der Waals surface area contributed by atoms with Crippen LogP contribution >= 0.6 is 11.3 Å². The average Bonchev–Trinajstić information content (AvgIpc) is 3.13. The Morgan fingerprint density at radius 1 is 1.19 bits per heavy atom. The summed E-state index contributed by atoms with van der Waals surface area (Å²) in [5.41, 5.74) is 1.70. The quantitative estimate of drug-likeness (QED) is 0.768. The lowest BCUT2D eigenvalue weighted by atomic mass is 10.0. The monoisotopic (exact) mass is 373 g/mol. The maximum Gasteiger partial charge on any atom is 0.253 e. The highest BCUT2D eigenvalue weighted by atomic mass is 32.1. The van der Waals surface area contributed by atoms with Gasteiger partial charge in [-0.15, -0.1) is 11.3 Å². The minimum absolute atomic E-state index is 0.0192. The normalized spacial score (nSPS) is 12.0. The number of benzene rings is 1. The van der Waals surface area contributed by atoms with Crippen LogP contribution in [0.5, 0.6) is 0 Å². The van der Waals surface area contributed by atoms with Crippen LogP contribution in [0.1, 0.15) is 53.7 Å². The number of carbonyl (C=O) groups excluding carboxylic acids is 2. The fraction of sp³-hybridized carbons (Fsp3) is 0.450. The van der Waals surface area contributed by atoms with Gasteiger partial charge in [0.2, 0.25) is 5.91 Å². The highest BCUT2D eigenvalue weighted by Crippen LogP contribution is 2.23. The van der Waals surface area contributed by atoms with Gasteiger partial charge in [0.1, 0.15) is 5.01 Å². The molecule has 1 aromatic heterocycles. The molecule has 1 unspecified atom stereocenters. The molecule has 1 N–H and O–H groups in total. The van der Waals surface area contributed by atoms with Gasteiger partial charge < -0.3 is 10.2 Å². The standard InChI is InChI=1S/C20H27N3O2S/c1-14(2)13-17(19-21-11-12-26-19)22-18(24)10-7-15-5-8-16(9-6-15)20(25)23(3)4/h5-6,8-9,11-12,14,17H,7,10,13H2,1-4H3,(H,22,24). The van der Waals surface area contributed by atoms with Gasteiger partial charge in [-0.1, -0.05) is 26.0 Å². The Kier molecular flexibility index (Phi) is 7.33. The molecule has 1 heterocycles. The molecule has 0 bridgehead atoms. The van der Waals surface area contributed by atoms with E-state index < -0.39 is 0 Å². The molecule has 0 aliphatic rings. The van der Waals surface area contributed by atoms with Crippen LogP contribution in [0.4, 0.5) is 0 Å². The van der Waals surface area contributed by atoms with Crippen molar-refractivity contribution in [3.8, 4) is 0 Å². The molecular formula is C20H27N3O2S. The van der Waals surface area contributed by atoms with Crippen molar-refractivity contribution >= 4 is 23.2 Å². The van der Waals surface area contributed by atoms with Crippen molar-refractivity contribution < 1.29 is 9.59 Å². The van der Waals surface area contributed by atoms with Gasteiger partial charge in [-0.25, -0.2) is 4.98 Å². The lowest BCUT2D eigenvalue weighted by Crippen LogP contribution is -2.29. The Morgan fingerprint density at radius 2 is 1.88 bits per heavy atom. The average molecular weight is 374 g/mol. The molecule has 0 saturated heterocycles. The number of amides is 2. The van der Waals surface area contributed by atoms with Crippen molar-refractivity contribution in [1.82, 2.24) is 15.2 Å². The number of aromatic nitrogens is 1. The number of nitrogens with zero attached hydrogens (tertiary/aromatic N) is 2. The lowest BCUT2D eigenvalue weighted by Gasteiger charge is -2.18. The third-order valence-electron chi connectivity index (χ3n) is 4.04. The third kappa shape index (κ3) is 5.95. The van der Waals surface area contributed by atoms with E-state index in [1.807, 2.05) is 29.6 Å². The molecule has 26 heavy (non-hydrogen) atoms. The maximum atomic E-state index is 12.4. The smallest absolute Gasteiger partial charge is 0.253 e. The van der Waals surface area contributed by atoms with Crippen molar-refractivity contribution in [2.75, 3.05) is 14.1 Å². The Hall–Kier alpha value is -2.21. The molecule has 1 aromatic carbocycles. The van der Waals surface area contributed by atoms with Crippen molar-refractivity contribution in [3.63, 3.8) is 0 Å². The van der Waals surface area contributed by atoms with Gasteiger partial charge in [0.05, 0.1) is 6.04 Å². The zero-order chi connectivity index (χ0) is 19.1. The van der Waals surface area contributed by atoms with Gasteiger partial charge in [-0.2, -0.15) is 0 Å². The van der Waals surface area contributed by atoms with Crippen molar-refractivity contribution in [2.24, 2.45) is 5.92 Å². The summed E-state index contributed by atoms with van der Waals surface area (Å²) in [7, 11) is 3.47. The SMILES string of the molecule is CC(C)CC(NC(=O)CCc1ccc(C(=O)N(C)C)cc1)c1nccs1. The predicted molar refractivity (Wildman–Crippen MR) is 105 cm³/mol. The zero-order valence-corrected chi connectivity index (χ0v) is 16.7. The minimum Gasteiger partial charge on any atom is -0.347 e. The fourth-order valence-corrected chi connectivity index (χ4v) is 3.40. The summed E-state index contributed by atoms with van der Waals surface area (Å²) in [6, 6.07) is 7.43. The number of nitrogens with one attached hydrogen (secondary N) is 1. The molecule has 0 spiro atoms. The molecule has 0 aliphatic heterocycles. The van der Waals surface area contributed by atoms with E-state index in [9.17, 15) is 9.59 Å². The summed E-state index contributed by atoms with van der Waals surface area (Å²) >= 11 is 1.57. The van der Waals surface area contributed by atoms with Gasteiger partial charge in [0, 0.05) is 37.7 Å². The van der Waals surface area contributed by atoms with Gasteiger partial charge in [0.25, 0.3) is 5.91 Å². The molecule has 2 amide bonds. The molecule has 2 aromatic rings. The van der Waals surface area contributed by atoms with E-state index in [0.29, 0.717) is 24.3 Å². The summed E-state index contributed by atoms with van der Waals surface area (Å²) in [6.45, 7) is 4.28. The van der Waals surface area contributed by atoms with Crippen LogP contribution in [0.15, 0.2) is 35.8 Å². The number of carbonyl (C=O) groups is 2. The Labute approximate surface area is 159 Å². The summed E-state index contributed by atoms with van der Waals surface area (Å²) in [4.78, 5) is 30.2. The van der Waals surface area contributed by atoms with E-state index in [2.05, 4.69) is 24.1 Å². The second-order valence-electron chi connectivity index (χ2n) is 7.02. The highest BCUT2D eigenvalue weighted by molar-refractivity contribution is 7.09. The number of hydrogen-bond donors (Lipinski definition) is 1. The van der Waals surface area contributed by atoms with E-state index in [0.717, 1.165) is 17.0 Å². The predicted octanol–water partition coefficient (Wildman–Crippen LogP) is 3.68. The Bertz CT molecular complexity index is 709. The van der Waals surface area contributed by atoms with E-state index in [1.54, 1.807) is 36.5 Å². The van der Waals surface area contributed by atoms with Gasteiger partial charge in [-0.3, -0.25) is 9.59 Å². The molecule has 0 saturated carbocycles. The first kappa shape index (κ1) is 20.1. The first-order valence-electron chi connectivity index (χ1n) is 8.86. The maximum absolute atomic E-state index is 12.4. The Balaban J connectivity index is 1.90. The van der Waals surface area contributed by atoms with Gasteiger partial charge in [0.15, 0.2) is 0 Å². The number of thiazole rings is 1. The van der Waals surface area contributed by atoms with Crippen molar-refractivity contribution in [1.29, 1.82) is 0 Å². The molecule has 6 heteroatoms. The van der Waals surface area contributed by atoms with Crippen LogP contribution in [0.2, 0.25) is 0 Å². The molecule has 0 fully saturated rings. The first-order valence-corrected chi connectivity index (χ1v) is 9.74. The fourth-order valence-electron chi connectivity index (χ4n) is 2.70. The van der Waals surface area contributed by atoms with Crippen LogP contribution in [0, 0.1) is 5.92 Å². The van der Waals surface area contributed by atoms with Crippen LogP contribution in [-0.4, -0.2) is 35.8 Å². The first-order chi connectivity index (χ1) is 12.4. The molecule has 1 atom stereocenters. The summed E-state index contributed by atoms with van der Waals surface area (Å²) < 4.78 is 0. The number of rotatable bonds is 8. The zero-order valence-electron chi connectivity index (χ0n) is 15.9. The van der Waals surface area contributed by atoms with Gasteiger partial charge >= 0.3 is 0 Å². The number of aryl methyl sites for hydroxylation is 1. The van der Waals surface area contributed by atoms with Gasteiger partial charge in [-0.05, 0) is 36.5 Å². The van der Waals surface area contributed by atoms with Crippen LogP contribution in [0.3, 0.4) is 0 Å². The van der Waals surface area contributed by atoms with E-state index in [-0.39, 0.29) is 17.9 Å². The van der Waals surface area contributed by atoms with Crippen LogP contribution < -0.4 is 5.32 Å². The molecular weight excluding hydrogens is 346 g/mol. The largest absolute Gasteiger partial charge is 0.347 e. The van der Waals surface area contributed by atoms with Crippen molar-refractivity contribution in [2.45, 2.75) is 39.2 Å². The van der Waals surface area contributed by atoms with E-state index >= 15 is 0 Å². The summed E-state index contributed by atoms with van der Waals surface area (Å²) in [6.07, 6.45) is 3.71. The molecule has 140 valence electrons. The molecule has 0 radical (unpaired) electrons. The molecule has 0 aliphatic carbocycles. The molecule has 2 rings (SSSR count). The van der Waals surface area contributed by atoms with Crippen molar-refractivity contribution in [3.05, 3.63) is 52.0 Å². The topological polar surface area (TPSA) is 62.3 Å². The second-order valence-corrected chi connectivity index (χ2v) is 7.94. The second kappa shape index (κ2) is 9.48. The van der Waals surface area contributed by atoms with E-state index in [4.69, 9.17) is 0 Å². The minimum atomic E-state index is -0.0254. The Morgan fingerprint density at radius 3 is 2.42 bits per heavy atom.